The molecule has 0 aromatic heterocycles. The van der Waals surface area contributed by atoms with E-state index in [9.17, 15) is 4.79 Å². The first kappa shape index (κ1) is 19.5. The van der Waals surface area contributed by atoms with Gasteiger partial charge in [-0.05, 0) is 72.0 Å². The smallest absolute Gasteiger partial charge is 0.410 e. The van der Waals surface area contributed by atoms with Crippen LogP contribution in [0, 0.1) is 5.92 Å². The number of carbonyl (C=O) groups is 1. The molecule has 0 spiro atoms. The van der Waals surface area contributed by atoms with Crippen LogP contribution in [0.1, 0.15) is 59.8 Å². The Labute approximate surface area is 148 Å². The molecule has 24 heavy (non-hydrogen) atoms. The predicted molar refractivity (Wildman–Crippen MR) is 98.3 cm³/mol. The van der Waals surface area contributed by atoms with Crippen molar-refractivity contribution in [1.29, 1.82) is 0 Å². The molecule has 140 valence electrons. The van der Waals surface area contributed by atoms with Crippen molar-refractivity contribution in [1.82, 2.24) is 15.1 Å². The van der Waals surface area contributed by atoms with Crippen LogP contribution in [-0.2, 0) is 4.74 Å². The molecule has 2 rings (SSSR count). The van der Waals surface area contributed by atoms with Crippen molar-refractivity contribution < 1.29 is 9.53 Å². The lowest BCUT2D eigenvalue weighted by atomic mass is 10.1. The van der Waals surface area contributed by atoms with Gasteiger partial charge in [-0.15, -0.1) is 0 Å². The molecule has 0 bridgehead atoms. The number of carbonyl (C=O) groups excluding carboxylic acids is 1. The van der Waals surface area contributed by atoms with Crippen LogP contribution in [0.4, 0.5) is 4.79 Å². The van der Waals surface area contributed by atoms with E-state index in [1.54, 1.807) is 0 Å². The number of amides is 1. The van der Waals surface area contributed by atoms with Gasteiger partial charge >= 0.3 is 6.09 Å². The molecule has 1 saturated carbocycles. The number of unbranched alkanes of at least 4 members (excludes halogenated alkanes) is 1. The van der Waals surface area contributed by atoms with Crippen molar-refractivity contribution >= 4 is 6.09 Å². The fourth-order valence-electron chi connectivity index (χ4n) is 3.27. The highest BCUT2D eigenvalue weighted by atomic mass is 16.6. The van der Waals surface area contributed by atoms with Crippen molar-refractivity contribution in [3.05, 3.63) is 0 Å². The fraction of sp³-hybridized carbons (Fsp3) is 0.947. The molecule has 2 fully saturated rings. The van der Waals surface area contributed by atoms with Crippen LogP contribution in [0.15, 0.2) is 0 Å². The molecule has 1 heterocycles. The molecule has 5 heteroatoms. The molecule has 0 radical (unpaired) electrons. The normalized spacial score (nSPS) is 21.9. The summed E-state index contributed by atoms with van der Waals surface area (Å²) in [5.41, 5.74) is -0.410. The minimum atomic E-state index is -0.410. The van der Waals surface area contributed by atoms with E-state index in [-0.39, 0.29) is 6.09 Å². The quantitative estimate of drug-likeness (QED) is 0.656. The molecule has 1 N–H and O–H groups in total. The average molecular weight is 340 g/mol. The predicted octanol–water partition coefficient (Wildman–Crippen LogP) is 3.10. The topological polar surface area (TPSA) is 44.8 Å². The van der Waals surface area contributed by atoms with Gasteiger partial charge in [0, 0.05) is 25.7 Å². The molecule has 1 atom stereocenters. The summed E-state index contributed by atoms with van der Waals surface area (Å²) in [4.78, 5) is 16.8. The van der Waals surface area contributed by atoms with E-state index in [1.165, 1.54) is 19.3 Å². The van der Waals surface area contributed by atoms with Gasteiger partial charge in [0.2, 0.25) is 0 Å². The summed E-state index contributed by atoms with van der Waals surface area (Å²) >= 11 is 0. The Morgan fingerprint density at radius 2 is 2.04 bits per heavy atom. The van der Waals surface area contributed by atoms with Gasteiger partial charge in [-0.3, -0.25) is 0 Å². The maximum absolute atomic E-state index is 12.4. The molecule has 0 aromatic carbocycles. The molecule has 1 unspecified atom stereocenters. The zero-order chi connectivity index (χ0) is 17.6. The van der Waals surface area contributed by atoms with Crippen LogP contribution in [-0.4, -0.2) is 66.8 Å². The minimum absolute atomic E-state index is 0.137. The van der Waals surface area contributed by atoms with Crippen LogP contribution in [0.2, 0.25) is 0 Å². The van der Waals surface area contributed by atoms with E-state index in [0.717, 1.165) is 58.0 Å². The zero-order valence-corrected chi connectivity index (χ0v) is 16.1. The maximum atomic E-state index is 12.4. The lowest BCUT2D eigenvalue weighted by molar-refractivity contribution is 0.0219. The SMILES string of the molecule is CCCCNCC1CCN(CCN(C(=O)OC(C)(C)C)C2CC2)C1. The number of nitrogens with one attached hydrogen (secondary N) is 1. The standard InChI is InChI=1S/C19H37N3O2/c1-5-6-10-20-14-16-9-11-21(15-16)12-13-22(17-7-8-17)18(23)24-19(2,3)4/h16-17,20H,5-15H2,1-4H3. The number of likely N-dealkylation sites (tertiary alicyclic amines) is 1. The summed E-state index contributed by atoms with van der Waals surface area (Å²) in [6.45, 7) is 14.4. The van der Waals surface area contributed by atoms with Gasteiger partial charge in [-0.1, -0.05) is 13.3 Å². The Kier molecular flexibility index (Phi) is 7.35. The van der Waals surface area contributed by atoms with Gasteiger partial charge in [0.05, 0.1) is 0 Å². The Balaban J connectivity index is 1.68. The van der Waals surface area contributed by atoms with Gasteiger partial charge in [0.25, 0.3) is 0 Å². The number of rotatable bonds is 9. The van der Waals surface area contributed by atoms with Crippen molar-refractivity contribution in [2.24, 2.45) is 5.92 Å². The summed E-state index contributed by atoms with van der Waals surface area (Å²) in [5.74, 6) is 0.762. The van der Waals surface area contributed by atoms with Gasteiger partial charge in [0.15, 0.2) is 0 Å². The second kappa shape index (κ2) is 9.04. The van der Waals surface area contributed by atoms with E-state index in [2.05, 4.69) is 17.1 Å². The molecule has 1 saturated heterocycles. The van der Waals surface area contributed by atoms with E-state index in [1.807, 2.05) is 25.7 Å². The third-order valence-electron chi connectivity index (χ3n) is 4.78. The highest BCUT2D eigenvalue weighted by Crippen LogP contribution is 2.28. The second-order valence-corrected chi connectivity index (χ2v) is 8.42. The van der Waals surface area contributed by atoms with Crippen molar-refractivity contribution in [3.8, 4) is 0 Å². The zero-order valence-electron chi connectivity index (χ0n) is 16.1. The molecule has 1 amide bonds. The third-order valence-corrected chi connectivity index (χ3v) is 4.78. The lowest BCUT2D eigenvalue weighted by Crippen LogP contribution is -2.42. The molecule has 1 aliphatic heterocycles. The molecular formula is C19H37N3O2. The van der Waals surface area contributed by atoms with Crippen LogP contribution >= 0.6 is 0 Å². The van der Waals surface area contributed by atoms with E-state index in [4.69, 9.17) is 4.74 Å². The third kappa shape index (κ3) is 6.98. The molecular weight excluding hydrogens is 302 g/mol. The van der Waals surface area contributed by atoms with Crippen LogP contribution in [0.5, 0.6) is 0 Å². The first-order chi connectivity index (χ1) is 11.4. The van der Waals surface area contributed by atoms with Gasteiger partial charge in [-0.2, -0.15) is 0 Å². The van der Waals surface area contributed by atoms with Crippen LogP contribution in [0.3, 0.4) is 0 Å². The van der Waals surface area contributed by atoms with Crippen molar-refractivity contribution in [2.45, 2.75) is 71.4 Å². The maximum Gasteiger partial charge on any atom is 0.410 e. The Bertz CT molecular complexity index is 391. The highest BCUT2D eigenvalue weighted by Gasteiger charge is 2.35. The Morgan fingerprint density at radius 1 is 1.29 bits per heavy atom. The summed E-state index contributed by atoms with van der Waals surface area (Å²) < 4.78 is 5.57. The fourth-order valence-corrected chi connectivity index (χ4v) is 3.27. The van der Waals surface area contributed by atoms with Crippen molar-refractivity contribution in [3.63, 3.8) is 0 Å². The number of hydrogen-bond acceptors (Lipinski definition) is 4. The van der Waals surface area contributed by atoms with E-state index >= 15 is 0 Å². The van der Waals surface area contributed by atoms with Crippen LogP contribution in [0.25, 0.3) is 0 Å². The average Bonchev–Trinajstić information content (AvgIpc) is 3.21. The van der Waals surface area contributed by atoms with E-state index < -0.39 is 5.60 Å². The lowest BCUT2D eigenvalue weighted by Gasteiger charge is -2.29. The van der Waals surface area contributed by atoms with Crippen molar-refractivity contribution in [2.75, 3.05) is 39.3 Å². The first-order valence-electron chi connectivity index (χ1n) is 9.81. The van der Waals surface area contributed by atoms with Crippen LogP contribution < -0.4 is 5.32 Å². The Hall–Kier alpha value is -0.810. The highest BCUT2D eigenvalue weighted by molar-refractivity contribution is 5.69. The molecule has 5 nitrogen and oxygen atoms in total. The summed E-state index contributed by atoms with van der Waals surface area (Å²) in [7, 11) is 0. The molecule has 0 aromatic rings. The Morgan fingerprint density at radius 3 is 2.67 bits per heavy atom. The number of nitrogens with zero attached hydrogens (tertiary/aromatic N) is 2. The first-order valence-corrected chi connectivity index (χ1v) is 9.81. The number of hydrogen-bond donors (Lipinski definition) is 1. The second-order valence-electron chi connectivity index (χ2n) is 8.42. The minimum Gasteiger partial charge on any atom is -0.444 e. The summed E-state index contributed by atoms with van der Waals surface area (Å²) in [6.07, 6.45) is 5.91. The summed E-state index contributed by atoms with van der Waals surface area (Å²) in [5, 5.41) is 3.57. The molecule has 2 aliphatic rings. The van der Waals surface area contributed by atoms with Gasteiger partial charge in [0.1, 0.15) is 5.60 Å². The van der Waals surface area contributed by atoms with Gasteiger partial charge in [-0.25, -0.2) is 4.79 Å². The van der Waals surface area contributed by atoms with E-state index in [0.29, 0.717) is 6.04 Å². The molecule has 1 aliphatic carbocycles. The number of ether oxygens (including phenoxy) is 1. The van der Waals surface area contributed by atoms with Gasteiger partial charge < -0.3 is 19.9 Å². The summed E-state index contributed by atoms with van der Waals surface area (Å²) in [6, 6.07) is 0.411. The largest absolute Gasteiger partial charge is 0.444 e. The monoisotopic (exact) mass is 339 g/mol.